The first-order valence-corrected chi connectivity index (χ1v) is 7.63. The second-order valence-electron chi connectivity index (χ2n) is 6.42. The van der Waals surface area contributed by atoms with Crippen molar-refractivity contribution in [3.8, 4) is 17.5 Å². The minimum Gasteiger partial charge on any atom is -0.487 e. The molecule has 128 valence electrons. The van der Waals surface area contributed by atoms with Crippen molar-refractivity contribution in [1.29, 1.82) is 5.26 Å². The first-order valence-electron chi connectivity index (χ1n) is 7.63. The van der Waals surface area contributed by atoms with Crippen LogP contribution in [0.5, 0.6) is 5.75 Å². The number of carbonyl (C=O) groups excluding carboxylic acids is 2. The second-order valence-corrected chi connectivity index (χ2v) is 6.42. The van der Waals surface area contributed by atoms with Crippen molar-refractivity contribution in [2.24, 2.45) is 0 Å². The van der Waals surface area contributed by atoms with Crippen molar-refractivity contribution in [3.63, 3.8) is 0 Å². The summed E-state index contributed by atoms with van der Waals surface area (Å²) >= 11 is 0. The van der Waals surface area contributed by atoms with Crippen LogP contribution in [0.4, 0.5) is 5.69 Å². The standard InChI is InChI=1S/C18H17N3O4/c1-18(2)7-13(22)12-6-11(4-5-14(12)25-18)21-9-10(8-19)15(20)16(21)17(23)24-3/h4-6,9H,7,20H2,1-3H3. The summed E-state index contributed by atoms with van der Waals surface area (Å²) in [7, 11) is 1.23. The van der Waals surface area contributed by atoms with Gasteiger partial charge < -0.3 is 19.8 Å². The fraction of sp³-hybridized carbons (Fsp3) is 0.278. The lowest BCUT2D eigenvalue weighted by Gasteiger charge is -2.31. The fourth-order valence-corrected chi connectivity index (χ4v) is 2.91. The Morgan fingerprint density at radius 2 is 2.16 bits per heavy atom. The van der Waals surface area contributed by atoms with Gasteiger partial charge in [-0.05, 0) is 32.0 Å². The highest BCUT2D eigenvalue weighted by Gasteiger charge is 2.33. The van der Waals surface area contributed by atoms with Gasteiger partial charge in [-0.25, -0.2) is 4.79 Å². The molecule has 0 radical (unpaired) electrons. The molecule has 0 atom stereocenters. The molecule has 1 aliphatic heterocycles. The zero-order valence-electron chi connectivity index (χ0n) is 14.1. The molecule has 1 aromatic carbocycles. The van der Waals surface area contributed by atoms with Crippen LogP contribution in [0.15, 0.2) is 24.4 Å². The van der Waals surface area contributed by atoms with E-state index in [1.165, 1.54) is 17.9 Å². The van der Waals surface area contributed by atoms with Gasteiger partial charge in [-0.1, -0.05) is 0 Å². The van der Waals surface area contributed by atoms with Gasteiger partial charge in [-0.15, -0.1) is 0 Å². The summed E-state index contributed by atoms with van der Waals surface area (Å²) in [5.41, 5.74) is 6.52. The van der Waals surface area contributed by atoms with Gasteiger partial charge in [0.25, 0.3) is 0 Å². The summed E-state index contributed by atoms with van der Waals surface area (Å²) in [5.74, 6) is -0.223. The molecular formula is C18H17N3O4. The quantitative estimate of drug-likeness (QED) is 0.842. The largest absolute Gasteiger partial charge is 0.487 e. The Bertz CT molecular complexity index is 935. The number of esters is 1. The molecule has 0 amide bonds. The number of rotatable bonds is 2. The number of ether oxygens (including phenoxy) is 2. The third-order valence-electron chi connectivity index (χ3n) is 4.06. The van der Waals surface area contributed by atoms with Gasteiger partial charge in [0.2, 0.25) is 0 Å². The minimum absolute atomic E-state index is 0.0378. The van der Waals surface area contributed by atoms with Gasteiger partial charge in [0.05, 0.1) is 30.3 Å². The molecule has 2 aromatic rings. The number of hydrogen-bond donors (Lipinski definition) is 1. The summed E-state index contributed by atoms with van der Waals surface area (Å²) in [6.07, 6.45) is 1.70. The van der Waals surface area contributed by atoms with Crippen molar-refractivity contribution < 1.29 is 19.1 Å². The Hall–Kier alpha value is -3.27. The zero-order chi connectivity index (χ0) is 18.4. The lowest BCUT2D eigenvalue weighted by molar-refractivity contribution is 0.0591. The molecule has 25 heavy (non-hydrogen) atoms. The molecule has 0 spiro atoms. The molecule has 3 rings (SSSR count). The fourth-order valence-electron chi connectivity index (χ4n) is 2.91. The third-order valence-corrected chi connectivity index (χ3v) is 4.06. The monoisotopic (exact) mass is 339 g/mol. The SMILES string of the molecule is COC(=O)c1c(N)c(C#N)cn1-c1ccc2c(c1)C(=O)CC(C)(C)O2. The number of methoxy groups -OCH3 is 1. The Morgan fingerprint density at radius 3 is 2.80 bits per heavy atom. The number of nitriles is 1. The van der Waals surface area contributed by atoms with E-state index in [1.807, 2.05) is 19.9 Å². The Morgan fingerprint density at radius 1 is 1.44 bits per heavy atom. The highest BCUT2D eigenvalue weighted by Crippen LogP contribution is 2.35. The maximum absolute atomic E-state index is 12.4. The number of nitrogens with two attached hydrogens (primary N) is 1. The number of benzene rings is 1. The van der Waals surface area contributed by atoms with E-state index in [2.05, 4.69) is 0 Å². The average Bonchev–Trinajstić information content (AvgIpc) is 2.89. The lowest BCUT2D eigenvalue weighted by Crippen LogP contribution is -2.35. The first-order chi connectivity index (χ1) is 11.8. The van der Waals surface area contributed by atoms with Crippen molar-refractivity contribution in [3.05, 3.63) is 41.2 Å². The van der Waals surface area contributed by atoms with Crippen LogP contribution in [0, 0.1) is 11.3 Å². The van der Waals surface area contributed by atoms with Crippen molar-refractivity contribution in [2.75, 3.05) is 12.8 Å². The predicted molar refractivity (Wildman–Crippen MR) is 89.9 cm³/mol. The Balaban J connectivity index is 2.17. The molecule has 0 aliphatic carbocycles. The molecule has 0 fully saturated rings. The Labute approximate surface area is 144 Å². The van der Waals surface area contributed by atoms with Crippen molar-refractivity contribution in [1.82, 2.24) is 4.57 Å². The smallest absolute Gasteiger partial charge is 0.357 e. The van der Waals surface area contributed by atoms with Gasteiger partial charge in [-0.2, -0.15) is 5.26 Å². The molecule has 1 aliphatic rings. The highest BCUT2D eigenvalue weighted by atomic mass is 16.5. The molecule has 0 saturated heterocycles. The zero-order valence-corrected chi connectivity index (χ0v) is 14.1. The summed E-state index contributed by atoms with van der Waals surface area (Å²) in [4.78, 5) is 24.5. The first kappa shape index (κ1) is 16.6. The van der Waals surface area contributed by atoms with Crippen LogP contribution in [0.25, 0.3) is 5.69 Å². The topological polar surface area (TPSA) is 107 Å². The number of aromatic nitrogens is 1. The van der Waals surface area contributed by atoms with Crippen molar-refractivity contribution in [2.45, 2.75) is 25.9 Å². The van der Waals surface area contributed by atoms with Crippen LogP contribution >= 0.6 is 0 Å². The third kappa shape index (κ3) is 2.72. The molecule has 7 heteroatoms. The number of anilines is 1. The molecular weight excluding hydrogens is 322 g/mol. The normalized spacial score (nSPS) is 15.0. The average molecular weight is 339 g/mol. The number of carbonyl (C=O) groups is 2. The van der Waals surface area contributed by atoms with E-state index in [0.29, 0.717) is 17.0 Å². The Kier molecular flexibility index (Phi) is 3.76. The van der Waals surface area contributed by atoms with Gasteiger partial charge >= 0.3 is 5.97 Å². The molecule has 2 heterocycles. The number of nitrogens with zero attached hydrogens (tertiary/aromatic N) is 2. The highest BCUT2D eigenvalue weighted by molar-refractivity contribution is 6.01. The van der Waals surface area contributed by atoms with Crippen LogP contribution in [0.2, 0.25) is 0 Å². The van der Waals surface area contributed by atoms with Gasteiger partial charge in [0.15, 0.2) is 11.5 Å². The predicted octanol–water partition coefficient (Wildman–Crippen LogP) is 2.46. The maximum Gasteiger partial charge on any atom is 0.357 e. The second kappa shape index (κ2) is 5.67. The van der Waals surface area contributed by atoms with Gasteiger partial charge in [0.1, 0.15) is 17.4 Å². The van der Waals surface area contributed by atoms with Crippen LogP contribution in [0.3, 0.4) is 0 Å². The van der Waals surface area contributed by atoms with Gasteiger partial charge in [0, 0.05) is 11.9 Å². The summed E-state index contributed by atoms with van der Waals surface area (Å²) in [6, 6.07) is 6.93. The van der Waals surface area contributed by atoms with Gasteiger partial charge in [-0.3, -0.25) is 4.79 Å². The van der Waals surface area contributed by atoms with Crippen LogP contribution < -0.4 is 10.5 Å². The maximum atomic E-state index is 12.4. The number of nitrogen functional groups attached to an aromatic ring is 1. The minimum atomic E-state index is -0.666. The molecule has 0 bridgehead atoms. The van der Waals surface area contributed by atoms with E-state index < -0.39 is 11.6 Å². The molecule has 0 unspecified atom stereocenters. The van der Waals surface area contributed by atoms with E-state index in [0.717, 1.165) is 0 Å². The van der Waals surface area contributed by atoms with E-state index in [-0.39, 0.29) is 29.1 Å². The summed E-state index contributed by atoms with van der Waals surface area (Å²) < 4.78 is 12.0. The van der Waals surface area contributed by atoms with E-state index >= 15 is 0 Å². The van der Waals surface area contributed by atoms with E-state index in [9.17, 15) is 14.9 Å². The number of hydrogen-bond acceptors (Lipinski definition) is 6. The number of ketones is 1. The lowest BCUT2D eigenvalue weighted by atomic mass is 9.93. The molecule has 2 N–H and O–H groups in total. The molecule has 0 saturated carbocycles. The summed E-state index contributed by atoms with van der Waals surface area (Å²) in [6.45, 7) is 3.70. The number of fused-ring (bicyclic) bond motifs is 1. The van der Waals surface area contributed by atoms with Crippen LogP contribution in [-0.4, -0.2) is 29.0 Å². The molecule has 7 nitrogen and oxygen atoms in total. The van der Waals surface area contributed by atoms with Crippen LogP contribution in [0.1, 0.15) is 46.7 Å². The van der Waals surface area contributed by atoms with Crippen molar-refractivity contribution >= 4 is 17.4 Å². The van der Waals surface area contributed by atoms with E-state index in [4.69, 9.17) is 15.2 Å². The molecule has 1 aromatic heterocycles. The summed E-state index contributed by atoms with van der Waals surface area (Å²) in [5, 5.41) is 9.18. The van der Waals surface area contributed by atoms with E-state index in [1.54, 1.807) is 18.2 Å². The van der Waals surface area contributed by atoms with Crippen LogP contribution in [-0.2, 0) is 4.74 Å². The number of Topliss-reactive ketones (excluding diaryl/α,β-unsaturated/α-hetero) is 1.